The first-order valence-corrected chi connectivity index (χ1v) is 13.3. The van der Waals surface area contributed by atoms with Gasteiger partial charge in [-0.25, -0.2) is 0 Å². The second-order valence-corrected chi connectivity index (χ2v) is 10.9. The number of hydrogen-bond acceptors (Lipinski definition) is 7. The molecule has 4 rings (SSSR count). The fraction of sp³-hybridized carbons (Fsp3) is 0.0435. The first-order valence-electron chi connectivity index (χ1n) is 10.3. The minimum Gasteiger partial charge on any atom is -0.348 e. The lowest BCUT2D eigenvalue weighted by atomic mass is 10.1. The summed E-state index contributed by atoms with van der Waals surface area (Å²) in [6.07, 6.45) is 0. The van der Waals surface area contributed by atoms with Crippen LogP contribution in [0.25, 0.3) is 0 Å². The summed E-state index contributed by atoms with van der Waals surface area (Å²) in [4.78, 5) is 25.2. The lowest BCUT2D eigenvalue weighted by molar-refractivity contribution is 0.0951. The normalized spacial score (nSPS) is 11.1. The Bertz CT molecular complexity index is 1530. The zero-order valence-corrected chi connectivity index (χ0v) is 21.4. The van der Waals surface area contributed by atoms with Crippen LogP contribution in [0.5, 0.6) is 0 Å². The highest BCUT2D eigenvalue weighted by molar-refractivity contribution is 7.94. The zero-order valence-electron chi connectivity index (χ0n) is 18.2. The molecule has 0 radical (unpaired) electrons. The van der Waals surface area contributed by atoms with E-state index in [9.17, 15) is 18.0 Å². The highest BCUT2D eigenvalue weighted by Gasteiger charge is 2.24. The van der Waals surface area contributed by atoms with E-state index < -0.39 is 26.2 Å². The van der Waals surface area contributed by atoms with Gasteiger partial charge in [0.1, 0.15) is 0 Å². The highest BCUT2D eigenvalue weighted by atomic mass is 35.5. The Morgan fingerprint density at radius 1 is 0.861 bits per heavy atom. The monoisotopic (exact) mass is 561 g/mol. The fourth-order valence-electron chi connectivity index (χ4n) is 3.04. The molecule has 4 aromatic rings. The van der Waals surface area contributed by atoms with Gasteiger partial charge in [0.05, 0.1) is 21.8 Å². The predicted molar refractivity (Wildman–Crippen MR) is 139 cm³/mol. The number of halogens is 2. The van der Waals surface area contributed by atoms with Gasteiger partial charge in [-0.1, -0.05) is 77.0 Å². The van der Waals surface area contributed by atoms with E-state index >= 15 is 0 Å². The smallest absolute Gasteiger partial charge is 0.291 e. The van der Waals surface area contributed by atoms with Crippen molar-refractivity contribution in [3.63, 3.8) is 0 Å². The number of benzene rings is 3. The van der Waals surface area contributed by atoms with Crippen LogP contribution in [0, 0.1) is 0 Å². The molecule has 0 saturated carbocycles. The van der Waals surface area contributed by atoms with E-state index in [0.717, 1.165) is 5.56 Å². The van der Waals surface area contributed by atoms with Gasteiger partial charge in [-0.05, 0) is 35.9 Å². The van der Waals surface area contributed by atoms with Gasteiger partial charge in [0.2, 0.25) is 5.13 Å². The molecule has 0 bridgehead atoms. The molecule has 2 amide bonds. The standard InChI is InChI=1S/C23H17Cl2N5O4S2/c24-15-10-11-16(18(25)12-15)21(32)27-22-28-29-23(35-22)36(33,34)30-19-9-5-4-8-17(19)20(31)26-13-14-6-2-1-3-7-14/h1-12,30H,13H2,(H,26,31)(H,27,28,32). The Labute approximate surface area is 220 Å². The highest BCUT2D eigenvalue weighted by Crippen LogP contribution is 2.26. The van der Waals surface area contributed by atoms with Crippen LogP contribution >= 0.6 is 34.5 Å². The summed E-state index contributed by atoms with van der Waals surface area (Å²) in [5.74, 6) is -1.06. The summed E-state index contributed by atoms with van der Waals surface area (Å²) >= 11 is 12.5. The predicted octanol–water partition coefficient (Wildman–Crippen LogP) is 4.83. The van der Waals surface area contributed by atoms with Crippen LogP contribution in [0.3, 0.4) is 0 Å². The van der Waals surface area contributed by atoms with Crippen molar-refractivity contribution in [3.05, 3.63) is 99.5 Å². The maximum Gasteiger partial charge on any atom is 0.291 e. The Balaban J connectivity index is 1.47. The van der Waals surface area contributed by atoms with Crippen LogP contribution in [-0.2, 0) is 16.6 Å². The summed E-state index contributed by atoms with van der Waals surface area (Å²) in [6, 6.07) is 19.8. The Morgan fingerprint density at radius 3 is 2.33 bits per heavy atom. The molecule has 3 aromatic carbocycles. The summed E-state index contributed by atoms with van der Waals surface area (Å²) in [5.41, 5.74) is 1.23. The lowest BCUT2D eigenvalue weighted by Gasteiger charge is -2.11. The second kappa shape index (κ2) is 11.0. The van der Waals surface area contributed by atoms with E-state index in [-0.39, 0.29) is 33.5 Å². The van der Waals surface area contributed by atoms with Crippen molar-refractivity contribution >= 4 is 67.2 Å². The van der Waals surface area contributed by atoms with E-state index in [1.165, 1.54) is 30.3 Å². The molecule has 36 heavy (non-hydrogen) atoms. The number of nitrogens with zero attached hydrogens (tertiary/aromatic N) is 2. The number of rotatable bonds is 8. The zero-order chi connectivity index (χ0) is 25.7. The van der Waals surface area contributed by atoms with Crippen LogP contribution in [0.2, 0.25) is 10.0 Å². The Hall–Kier alpha value is -3.51. The summed E-state index contributed by atoms with van der Waals surface area (Å²) in [6.45, 7) is 0.276. The third-order valence-corrected chi connectivity index (χ3v) is 7.86. The minimum atomic E-state index is -4.21. The SMILES string of the molecule is O=C(Nc1nnc(S(=O)(=O)Nc2ccccc2C(=O)NCc2ccccc2)s1)c1ccc(Cl)cc1Cl. The van der Waals surface area contributed by atoms with Gasteiger partial charge in [0.15, 0.2) is 0 Å². The molecule has 0 fully saturated rings. The minimum absolute atomic E-state index is 0.0553. The van der Waals surface area contributed by atoms with E-state index in [1.807, 2.05) is 30.3 Å². The van der Waals surface area contributed by atoms with E-state index in [2.05, 4.69) is 25.6 Å². The number of anilines is 2. The molecular weight excluding hydrogens is 545 g/mol. The summed E-state index contributed by atoms with van der Waals surface area (Å²) in [7, 11) is -4.21. The molecule has 0 atom stereocenters. The van der Waals surface area contributed by atoms with Gasteiger partial charge < -0.3 is 5.32 Å². The third kappa shape index (κ3) is 6.18. The number of amides is 2. The van der Waals surface area contributed by atoms with Crippen molar-refractivity contribution in [2.45, 2.75) is 10.9 Å². The molecular formula is C23H17Cl2N5O4S2. The second-order valence-electron chi connectivity index (χ2n) is 7.27. The van der Waals surface area contributed by atoms with Gasteiger partial charge in [-0.2, -0.15) is 8.42 Å². The fourth-order valence-corrected chi connectivity index (χ4v) is 5.51. The number of carbonyl (C=O) groups excluding carboxylic acids is 2. The molecule has 0 aliphatic rings. The first-order chi connectivity index (χ1) is 17.2. The number of nitrogens with one attached hydrogen (secondary N) is 3. The number of para-hydroxylation sites is 1. The topological polar surface area (TPSA) is 130 Å². The van der Waals surface area contributed by atoms with Crippen LogP contribution in [0.15, 0.2) is 77.1 Å². The van der Waals surface area contributed by atoms with Gasteiger partial charge in [-0.15, -0.1) is 10.2 Å². The van der Waals surface area contributed by atoms with Gasteiger partial charge in [-0.3, -0.25) is 19.6 Å². The van der Waals surface area contributed by atoms with Crippen molar-refractivity contribution in [2.75, 3.05) is 10.0 Å². The van der Waals surface area contributed by atoms with E-state index in [4.69, 9.17) is 23.2 Å². The van der Waals surface area contributed by atoms with Crippen LogP contribution in [-0.4, -0.2) is 30.4 Å². The number of aromatic nitrogens is 2. The number of hydrogen-bond donors (Lipinski definition) is 3. The molecule has 0 aliphatic heterocycles. The third-order valence-electron chi connectivity index (χ3n) is 4.74. The lowest BCUT2D eigenvalue weighted by Crippen LogP contribution is -2.25. The molecule has 0 unspecified atom stereocenters. The molecule has 13 heteroatoms. The molecule has 3 N–H and O–H groups in total. The molecule has 1 heterocycles. The van der Waals surface area contributed by atoms with Gasteiger partial charge in [0, 0.05) is 11.6 Å². The average Bonchev–Trinajstić information content (AvgIpc) is 3.33. The van der Waals surface area contributed by atoms with Gasteiger partial charge >= 0.3 is 0 Å². The van der Waals surface area contributed by atoms with Crippen molar-refractivity contribution in [1.82, 2.24) is 15.5 Å². The van der Waals surface area contributed by atoms with Crippen LogP contribution in [0.4, 0.5) is 10.8 Å². The number of carbonyl (C=O) groups is 2. The number of sulfonamides is 1. The van der Waals surface area contributed by atoms with Crippen molar-refractivity contribution < 1.29 is 18.0 Å². The average molecular weight is 562 g/mol. The van der Waals surface area contributed by atoms with Crippen LogP contribution in [0.1, 0.15) is 26.3 Å². The van der Waals surface area contributed by atoms with Crippen molar-refractivity contribution in [2.24, 2.45) is 0 Å². The molecule has 184 valence electrons. The maximum atomic E-state index is 12.9. The van der Waals surface area contributed by atoms with Crippen molar-refractivity contribution in [3.8, 4) is 0 Å². The van der Waals surface area contributed by atoms with Gasteiger partial charge in [0.25, 0.3) is 26.2 Å². The summed E-state index contributed by atoms with van der Waals surface area (Å²) in [5, 5.41) is 13.0. The quantitative estimate of drug-likeness (QED) is 0.264. The molecule has 0 saturated heterocycles. The molecule has 0 spiro atoms. The first kappa shape index (κ1) is 25.6. The molecule has 1 aromatic heterocycles. The van der Waals surface area contributed by atoms with Crippen LogP contribution < -0.4 is 15.4 Å². The van der Waals surface area contributed by atoms with E-state index in [0.29, 0.717) is 16.4 Å². The molecule has 9 nitrogen and oxygen atoms in total. The maximum absolute atomic E-state index is 12.9. The largest absolute Gasteiger partial charge is 0.348 e. The summed E-state index contributed by atoms with van der Waals surface area (Å²) < 4.78 is 27.8. The Morgan fingerprint density at radius 2 is 1.58 bits per heavy atom. The Kier molecular flexibility index (Phi) is 7.85. The van der Waals surface area contributed by atoms with E-state index in [1.54, 1.807) is 12.1 Å². The molecule has 0 aliphatic carbocycles. The van der Waals surface area contributed by atoms with Crippen molar-refractivity contribution in [1.29, 1.82) is 0 Å².